The smallest absolute Gasteiger partial charge is 0.0991 e. The van der Waals surface area contributed by atoms with Crippen LogP contribution in [0.2, 0.25) is 0 Å². The van der Waals surface area contributed by atoms with Crippen molar-refractivity contribution in [1.29, 1.82) is 5.26 Å². The van der Waals surface area contributed by atoms with Gasteiger partial charge in [-0.25, -0.2) is 0 Å². The fourth-order valence-electron chi connectivity index (χ4n) is 2.18. The van der Waals surface area contributed by atoms with Crippen molar-refractivity contribution in [3.05, 3.63) is 65.0 Å². The lowest BCUT2D eigenvalue weighted by Crippen LogP contribution is -2.04. The van der Waals surface area contributed by atoms with Crippen LogP contribution in [0.25, 0.3) is 10.1 Å². The van der Waals surface area contributed by atoms with E-state index in [1.807, 2.05) is 35.6 Å². The average molecular weight is 278 g/mol. The van der Waals surface area contributed by atoms with E-state index in [1.165, 1.54) is 15.0 Å². The first kappa shape index (κ1) is 12.7. The second kappa shape index (κ2) is 5.36. The van der Waals surface area contributed by atoms with Gasteiger partial charge in [0.2, 0.25) is 0 Å². The molecule has 0 fully saturated rings. The molecule has 3 heteroatoms. The summed E-state index contributed by atoms with van der Waals surface area (Å²) in [6.45, 7) is 2.16. The van der Waals surface area contributed by atoms with Crippen LogP contribution in [-0.4, -0.2) is 0 Å². The highest BCUT2D eigenvalue weighted by atomic mass is 32.1. The van der Waals surface area contributed by atoms with Crippen molar-refractivity contribution in [2.24, 2.45) is 0 Å². The van der Waals surface area contributed by atoms with Crippen LogP contribution < -0.4 is 5.32 Å². The maximum atomic E-state index is 8.80. The first-order chi connectivity index (χ1) is 9.76. The van der Waals surface area contributed by atoms with Gasteiger partial charge in [0, 0.05) is 15.3 Å². The molecular weight excluding hydrogens is 264 g/mol. The van der Waals surface area contributed by atoms with Crippen molar-refractivity contribution < 1.29 is 0 Å². The van der Waals surface area contributed by atoms with E-state index in [1.54, 1.807) is 0 Å². The van der Waals surface area contributed by atoms with Crippen LogP contribution in [0, 0.1) is 11.3 Å². The molecule has 0 aliphatic rings. The molecule has 3 aromatic rings. The lowest BCUT2D eigenvalue weighted by molar-refractivity contribution is 0.909. The predicted octanol–water partition coefficient (Wildman–Crippen LogP) is 4.95. The first-order valence-electron chi connectivity index (χ1n) is 6.51. The number of benzene rings is 2. The maximum Gasteiger partial charge on any atom is 0.0991 e. The Kier molecular flexibility index (Phi) is 3.41. The first-order valence-corrected chi connectivity index (χ1v) is 7.33. The third-order valence-corrected chi connectivity index (χ3v) is 4.57. The minimum absolute atomic E-state index is 0.250. The molecule has 0 saturated heterocycles. The van der Waals surface area contributed by atoms with Gasteiger partial charge in [-0.2, -0.15) is 5.26 Å². The van der Waals surface area contributed by atoms with Crippen molar-refractivity contribution in [3.8, 4) is 6.07 Å². The molecule has 1 N–H and O–H groups in total. The third kappa shape index (κ3) is 2.52. The van der Waals surface area contributed by atoms with Gasteiger partial charge in [0.15, 0.2) is 0 Å². The molecule has 2 nitrogen and oxygen atoms in total. The Morgan fingerprint density at radius 1 is 1.10 bits per heavy atom. The van der Waals surface area contributed by atoms with Crippen molar-refractivity contribution in [3.63, 3.8) is 0 Å². The van der Waals surface area contributed by atoms with Gasteiger partial charge in [-0.15, -0.1) is 11.3 Å². The summed E-state index contributed by atoms with van der Waals surface area (Å²) >= 11 is 1.82. The monoisotopic (exact) mass is 278 g/mol. The molecule has 0 amide bonds. The Balaban J connectivity index is 1.81. The van der Waals surface area contributed by atoms with Gasteiger partial charge in [-0.05, 0) is 48.7 Å². The molecule has 0 aliphatic carbocycles. The second-order valence-corrected chi connectivity index (χ2v) is 5.86. The van der Waals surface area contributed by atoms with Gasteiger partial charge in [-0.3, -0.25) is 0 Å². The largest absolute Gasteiger partial charge is 0.378 e. The van der Waals surface area contributed by atoms with Crippen molar-refractivity contribution in [2.45, 2.75) is 13.0 Å². The van der Waals surface area contributed by atoms with E-state index in [0.29, 0.717) is 5.56 Å². The number of hydrogen-bond acceptors (Lipinski definition) is 3. The van der Waals surface area contributed by atoms with Gasteiger partial charge in [-0.1, -0.05) is 18.2 Å². The number of nitrogens with zero attached hydrogens (tertiary/aromatic N) is 1. The molecule has 1 heterocycles. The van der Waals surface area contributed by atoms with Gasteiger partial charge in [0.05, 0.1) is 17.7 Å². The summed E-state index contributed by atoms with van der Waals surface area (Å²) in [4.78, 5) is 1.32. The summed E-state index contributed by atoms with van der Waals surface area (Å²) in [5, 5.41) is 13.6. The number of hydrogen-bond donors (Lipinski definition) is 1. The summed E-state index contributed by atoms with van der Waals surface area (Å²) in [5.41, 5.74) is 1.72. The zero-order chi connectivity index (χ0) is 13.9. The molecule has 0 spiro atoms. The molecule has 0 aliphatic heterocycles. The standard InChI is InChI=1S/C17H14N2S/c1-12(19-15-8-6-13(11-18)7-9-15)17-10-14-4-2-3-5-16(14)20-17/h2-10,12,19H,1H3. The molecule has 1 unspecified atom stereocenters. The van der Waals surface area contributed by atoms with Gasteiger partial charge >= 0.3 is 0 Å². The third-order valence-electron chi connectivity index (χ3n) is 3.27. The Labute approximate surface area is 122 Å². The fraction of sp³-hybridized carbons (Fsp3) is 0.118. The number of nitriles is 1. The summed E-state index contributed by atoms with van der Waals surface area (Å²) in [7, 11) is 0. The molecule has 0 bridgehead atoms. The van der Waals surface area contributed by atoms with E-state index in [0.717, 1.165) is 5.69 Å². The molecular formula is C17H14N2S. The normalized spacial score (nSPS) is 12.0. The van der Waals surface area contributed by atoms with E-state index in [4.69, 9.17) is 5.26 Å². The van der Waals surface area contributed by atoms with Crippen molar-refractivity contribution in [2.75, 3.05) is 5.32 Å². The zero-order valence-corrected chi connectivity index (χ0v) is 11.9. The zero-order valence-electron chi connectivity index (χ0n) is 11.1. The summed E-state index contributed by atoms with van der Waals surface area (Å²) in [6, 6.07) is 20.6. The van der Waals surface area contributed by atoms with Crippen LogP contribution in [-0.2, 0) is 0 Å². The summed E-state index contributed by atoms with van der Waals surface area (Å²) < 4.78 is 1.32. The quantitative estimate of drug-likeness (QED) is 0.736. The van der Waals surface area contributed by atoms with Crippen LogP contribution in [0.4, 0.5) is 5.69 Å². The van der Waals surface area contributed by atoms with E-state index in [2.05, 4.69) is 48.6 Å². The number of thiophene rings is 1. The van der Waals surface area contributed by atoms with Crippen LogP contribution in [0.5, 0.6) is 0 Å². The van der Waals surface area contributed by atoms with E-state index < -0.39 is 0 Å². The van der Waals surface area contributed by atoms with E-state index in [9.17, 15) is 0 Å². The maximum absolute atomic E-state index is 8.80. The molecule has 1 aromatic heterocycles. The van der Waals surface area contributed by atoms with Gasteiger partial charge < -0.3 is 5.32 Å². The highest BCUT2D eigenvalue weighted by Gasteiger charge is 2.09. The molecule has 1 atom stereocenters. The highest BCUT2D eigenvalue weighted by molar-refractivity contribution is 7.19. The minimum Gasteiger partial charge on any atom is -0.378 e. The van der Waals surface area contributed by atoms with Crippen LogP contribution in [0.3, 0.4) is 0 Å². The Hall–Kier alpha value is -2.31. The number of anilines is 1. The van der Waals surface area contributed by atoms with Crippen LogP contribution >= 0.6 is 11.3 Å². The number of rotatable bonds is 3. The van der Waals surface area contributed by atoms with Crippen LogP contribution in [0.15, 0.2) is 54.6 Å². The Bertz CT molecular complexity index is 733. The summed E-state index contributed by atoms with van der Waals surface area (Å²) in [6.07, 6.45) is 0. The Morgan fingerprint density at radius 3 is 2.55 bits per heavy atom. The van der Waals surface area contributed by atoms with Crippen LogP contribution in [0.1, 0.15) is 23.4 Å². The minimum atomic E-state index is 0.250. The fourth-order valence-corrected chi connectivity index (χ4v) is 3.24. The molecule has 0 radical (unpaired) electrons. The average Bonchev–Trinajstić information content (AvgIpc) is 2.92. The van der Waals surface area contributed by atoms with E-state index in [-0.39, 0.29) is 6.04 Å². The van der Waals surface area contributed by atoms with Gasteiger partial charge in [0.25, 0.3) is 0 Å². The Morgan fingerprint density at radius 2 is 1.85 bits per heavy atom. The number of nitrogens with one attached hydrogen (secondary N) is 1. The predicted molar refractivity (Wildman–Crippen MR) is 85.0 cm³/mol. The van der Waals surface area contributed by atoms with Crippen molar-refractivity contribution >= 4 is 27.1 Å². The molecule has 98 valence electrons. The molecule has 0 saturated carbocycles. The second-order valence-electron chi connectivity index (χ2n) is 4.74. The topological polar surface area (TPSA) is 35.8 Å². The molecule has 2 aromatic carbocycles. The SMILES string of the molecule is CC(Nc1ccc(C#N)cc1)c1cc2ccccc2s1. The van der Waals surface area contributed by atoms with Crippen molar-refractivity contribution in [1.82, 2.24) is 0 Å². The molecule has 3 rings (SSSR count). The highest BCUT2D eigenvalue weighted by Crippen LogP contribution is 2.31. The van der Waals surface area contributed by atoms with Gasteiger partial charge in [0.1, 0.15) is 0 Å². The lowest BCUT2D eigenvalue weighted by atomic mass is 10.2. The summed E-state index contributed by atoms with van der Waals surface area (Å²) in [5.74, 6) is 0. The van der Waals surface area contributed by atoms with E-state index >= 15 is 0 Å². The number of fused-ring (bicyclic) bond motifs is 1. The lowest BCUT2D eigenvalue weighted by Gasteiger charge is -2.13. The molecule has 20 heavy (non-hydrogen) atoms.